The zero-order valence-corrected chi connectivity index (χ0v) is 8.84. The Balaban J connectivity index is 2.36. The van der Waals surface area contributed by atoms with Gasteiger partial charge in [-0.3, -0.25) is 0 Å². The van der Waals surface area contributed by atoms with Crippen LogP contribution in [0.15, 0.2) is 0 Å². The fourth-order valence-electron chi connectivity index (χ4n) is 2.47. The molecule has 0 aromatic heterocycles. The molecule has 12 heavy (non-hydrogen) atoms. The highest BCUT2D eigenvalue weighted by atomic mass is 15.1. The van der Waals surface area contributed by atoms with Gasteiger partial charge in [-0.1, -0.05) is 26.7 Å². The number of hydrogen-bond acceptors (Lipinski definition) is 1. The van der Waals surface area contributed by atoms with Crippen molar-refractivity contribution < 1.29 is 0 Å². The zero-order chi connectivity index (χ0) is 8.97. The Morgan fingerprint density at radius 2 is 2.17 bits per heavy atom. The van der Waals surface area contributed by atoms with E-state index in [1.165, 1.54) is 38.6 Å². The molecule has 2 atom stereocenters. The fourth-order valence-corrected chi connectivity index (χ4v) is 2.47. The van der Waals surface area contributed by atoms with E-state index in [1.54, 1.807) is 0 Å². The monoisotopic (exact) mass is 169 g/mol. The van der Waals surface area contributed by atoms with Gasteiger partial charge >= 0.3 is 0 Å². The second kappa shape index (κ2) is 4.86. The summed E-state index contributed by atoms with van der Waals surface area (Å²) in [5.41, 5.74) is 0. The Bertz CT molecular complexity index is 122. The Labute approximate surface area is 77.1 Å². The van der Waals surface area contributed by atoms with Crippen LogP contribution in [0.2, 0.25) is 0 Å². The third kappa shape index (κ3) is 2.48. The molecule has 0 aromatic rings. The first-order valence-corrected chi connectivity index (χ1v) is 5.46. The van der Waals surface area contributed by atoms with Gasteiger partial charge in [0.2, 0.25) is 0 Å². The second-order valence-corrected chi connectivity index (χ2v) is 4.31. The van der Waals surface area contributed by atoms with Gasteiger partial charge in [-0.25, -0.2) is 0 Å². The summed E-state index contributed by atoms with van der Waals surface area (Å²) in [6, 6.07) is 0.874. The molecule has 1 rings (SSSR count). The van der Waals surface area contributed by atoms with Gasteiger partial charge in [-0.15, -0.1) is 0 Å². The van der Waals surface area contributed by atoms with Crippen molar-refractivity contribution in [2.45, 2.75) is 52.0 Å². The molecule has 0 spiro atoms. The fraction of sp³-hybridized carbons (Fsp3) is 1.00. The maximum Gasteiger partial charge on any atom is 0.0118 e. The van der Waals surface area contributed by atoms with Crippen molar-refractivity contribution in [3.63, 3.8) is 0 Å². The lowest BCUT2D eigenvalue weighted by Crippen LogP contribution is -2.40. The molecule has 0 radical (unpaired) electrons. The zero-order valence-electron chi connectivity index (χ0n) is 8.84. The summed E-state index contributed by atoms with van der Waals surface area (Å²) in [7, 11) is 2.29. The molecule has 0 aliphatic carbocycles. The Kier molecular flexibility index (Phi) is 4.07. The van der Waals surface area contributed by atoms with E-state index < -0.39 is 0 Å². The number of nitrogens with zero attached hydrogens (tertiary/aromatic N) is 1. The molecule has 1 nitrogen and oxygen atoms in total. The molecule has 1 aliphatic heterocycles. The molecule has 0 bridgehead atoms. The number of hydrogen-bond donors (Lipinski definition) is 0. The third-order valence-electron chi connectivity index (χ3n) is 3.23. The van der Waals surface area contributed by atoms with E-state index in [0.29, 0.717) is 0 Å². The van der Waals surface area contributed by atoms with Gasteiger partial charge in [-0.2, -0.15) is 0 Å². The molecular weight excluding hydrogens is 146 g/mol. The van der Waals surface area contributed by atoms with Crippen molar-refractivity contribution >= 4 is 0 Å². The summed E-state index contributed by atoms with van der Waals surface area (Å²) in [4.78, 5) is 2.56. The van der Waals surface area contributed by atoms with Gasteiger partial charge in [0.25, 0.3) is 0 Å². The van der Waals surface area contributed by atoms with Crippen LogP contribution in [-0.4, -0.2) is 24.5 Å². The Hall–Kier alpha value is -0.0400. The van der Waals surface area contributed by atoms with Crippen molar-refractivity contribution in [3.8, 4) is 0 Å². The molecule has 72 valence electrons. The van der Waals surface area contributed by atoms with Crippen LogP contribution in [0.25, 0.3) is 0 Å². The molecule has 0 aromatic carbocycles. The summed E-state index contributed by atoms with van der Waals surface area (Å²) in [5, 5.41) is 0. The van der Waals surface area contributed by atoms with Gasteiger partial charge in [0.15, 0.2) is 0 Å². The second-order valence-electron chi connectivity index (χ2n) is 4.31. The molecule has 2 unspecified atom stereocenters. The normalized spacial score (nSPS) is 28.8. The summed E-state index contributed by atoms with van der Waals surface area (Å²) in [6.07, 6.45) is 7.02. The minimum absolute atomic E-state index is 0.874. The average Bonchev–Trinajstić information content (AvgIpc) is 2.05. The number of likely N-dealkylation sites (tertiary alicyclic amines) is 1. The van der Waals surface area contributed by atoms with Crippen LogP contribution < -0.4 is 0 Å². The van der Waals surface area contributed by atoms with Gasteiger partial charge in [-0.05, 0) is 38.8 Å². The van der Waals surface area contributed by atoms with E-state index in [9.17, 15) is 0 Å². The number of rotatable bonds is 3. The highest BCUT2D eigenvalue weighted by molar-refractivity contribution is 4.78. The first kappa shape index (κ1) is 10.0. The molecule has 0 amide bonds. The summed E-state index contributed by atoms with van der Waals surface area (Å²) < 4.78 is 0. The van der Waals surface area contributed by atoms with E-state index in [0.717, 1.165) is 12.0 Å². The van der Waals surface area contributed by atoms with Crippen molar-refractivity contribution in [2.24, 2.45) is 5.92 Å². The molecule has 1 fully saturated rings. The lowest BCUT2D eigenvalue weighted by atomic mass is 9.89. The number of piperidine rings is 1. The van der Waals surface area contributed by atoms with Crippen molar-refractivity contribution in [2.75, 3.05) is 13.6 Å². The third-order valence-corrected chi connectivity index (χ3v) is 3.23. The van der Waals surface area contributed by atoms with Crippen LogP contribution in [0.3, 0.4) is 0 Å². The summed E-state index contributed by atoms with van der Waals surface area (Å²) in [5.74, 6) is 0.903. The van der Waals surface area contributed by atoms with E-state index in [-0.39, 0.29) is 0 Å². The molecule has 1 heterocycles. The average molecular weight is 169 g/mol. The van der Waals surface area contributed by atoms with E-state index in [2.05, 4.69) is 25.8 Å². The van der Waals surface area contributed by atoms with Crippen LogP contribution in [0.1, 0.15) is 46.0 Å². The smallest absolute Gasteiger partial charge is 0.0118 e. The van der Waals surface area contributed by atoms with E-state index in [4.69, 9.17) is 0 Å². The topological polar surface area (TPSA) is 3.24 Å². The molecule has 1 heteroatoms. The maximum absolute atomic E-state index is 2.56. The van der Waals surface area contributed by atoms with Crippen LogP contribution in [0.4, 0.5) is 0 Å². The molecule has 0 saturated carbocycles. The van der Waals surface area contributed by atoms with Crippen LogP contribution in [-0.2, 0) is 0 Å². The lowest BCUT2D eigenvalue weighted by Gasteiger charge is -2.36. The first-order chi connectivity index (χ1) is 5.75. The van der Waals surface area contributed by atoms with Crippen molar-refractivity contribution in [3.05, 3.63) is 0 Å². The van der Waals surface area contributed by atoms with Gasteiger partial charge in [0, 0.05) is 6.04 Å². The molecule has 1 aliphatic rings. The molecule has 0 N–H and O–H groups in total. The van der Waals surface area contributed by atoms with Crippen molar-refractivity contribution in [1.29, 1.82) is 0 Å². The Morgan fingerprint density at radius 3 is 2.75 bits per heavy atom. The maximum atomic E-state index is 2.56. The predicted molar refractivity (Wildman–Crippen MR) is 54.3 cm³/mol. The van der Waals surface area contributed by atoms with Gasteiger partial charge in [0.1, 0.15) is 0 Å². The SMILES string of the molecule is CCCC(C)C1CCCCN1C. The highest BCUT2D eigenvalue weighted by Crippen LogP contribution is 2.24. The summed E-state index contributed by atoms with van der Waals surface area (Å²) in [6.45, 7) is 6.02. The van der Waals surface area contributed by atoms with E-state index >= 15 is 0 Å². The van der Waals surface area contributed by atoms with E-state index in [1.807, 2.05) is 0 Å². The van der Waals surface area contributed by atoms with Crippen LogP contribution in [0.5, 0.6) is 0 Å². The summed E-state index contributed by atoms with van der Waals surface area (Å²) >= 11 is 0. The van der Waals surface area contributed by atoms with Crippen LogP contribution in [0, 0.1) is 5.92 Å². The predicted octanol–water partition coefficient (Wildman–Crippen LogP) is 2.91. The quantitative estimate of drug-likeness (QED) is 0.628. The highest BCUT2D eigenvalue weighted by Gasteiger charge is 2.23. The minimum Gasteiger partial charge on any atom is -0.303 e. The van der Waals surface area contributed by atoms with Gasteiger partial charge < -0.3 is 4.90 Å². The first-order valence-electron chi connectivity index (χ1n) is 5.46. The lowest BCUT2D eigenvalue weighted by molar-refractivity contribution is 0.131. The standard InChI is InChI=1S/C11H23N/c1-4-7-10(2)11-8-5-6-9-12(11)3/h10-11H,4-9H2,1-3H3. The van der Waals surface area contributed by atoms with Crippen molar-refractivity contribution in [1.82, 2.24) is 4.90 Å². The Morgan fingerprint density at radius 1 is 1.42 bits per heavy atom. The molecular formula is C11H23N. The van der Waals surface area contributed by atoms with Crippen LogP contribution >= 0.6 is 0 Å². The van der Waals surface area contributed by atoms with Gasteiger partial charge in [0.05, 0.1) is 0 Å². The molecule has 1 saturated heterocycles. The largest absolute Gasteiger partial charge is 0.303 e. The minimum atomic E-state index is 0.874.